The number of esters is 1. The molecule has 0 saturated carbocycles. The first-order chi connectivity index (χ1) is 12.5. The normalized spacial score (nSPS) is 12.3. The summed E-state index contributed by atoms with van der Waals surface area (Å²) >= 11 is 12.1. The molecular formula is C20H20Cl2N2O2. The highest BCUT2D eigenvalue weighted by Gasteiger charge is 2.18. The van der Waals surface area contributed by atoms with E-state index in [2.05, 4.69) is 18.8 Å². The Morgan fingerprint density at radius 1 is 1.15 bits per heavy atom. The van der Waals surface area contributed by atoms with Crippen molar-refractivity contribution < 1.29 is 9.53 Å². The van der Waals surface area contributed by atoms with E-state index in [1.165, 1.54) is 0 Å². The second kappa shape index (κ2) is 8.11. The number of hydrogen-bond acceptors (Lipinski definition) is 3. The van der Waals surface area contributed by atoms with E-state index >= 15 is 0 Å². The lowest BCUT2D eigenvalue weighted by Crippen LogP contribution is -2.14. The summed E-state index contributed by atoms with van der Waals surface area (Å²) < 4.78 is 7.27. The van der Waals surface area contributed by atoms with Crippen LogP contribution in [-0.2, 0) is 16.0 Å². The number of halogens is 2. The molecule has 1 aromatic carbocycles. The van der Waals surface area contributed by atoms with Crippen LogP contribution in [0.1, 0.15) is 26.0 Å². The van der Waals surface area contributed by atoms with Gasteiger partial charge in [-0.2, -0.15) is 0 Å². The van der Waals surface area contributed by atoms with Crippen molar-refractivity contribution in [2.24, 2.45) is 5.92 Å². The van der Waals surface area contributed by atoms with Gasteiger partial charge >= 0.3 is 5.97 Å². The van der Waals surface area contributed by atoms with Gasteiger partial charge in [0, 0.05) is 16.8 Å². The van der Waals surface area contributed by atoms with Gasteiger partial charge in [0.1, 0.15) is 5.65 Å². The molecule has 0 saturated heterocycles. The standard InChI is InChI=1S/C20H20Cl2N2O2/c1-3-13(2)12-26-19(25)10-17-20(14-4-6-15(21)7-5-14)23-18-9-8-16(22)11-24(17)18/h4-9,11,13H,3,10,12H2,1-2H3. The molecule has 0 aliphatic rings. The van der Waals surface area contributed by atoms with E-state index in [-0.39, 0.29) is 12.4 Å². The Kier molecular flexibility index (Phi) is 5.84. The fourth-order valence-corrected chi connectivity index (χ4v) is 2.90. The number of pyridine rings is 1. The minimum absolute atomic E-state index is 0.121. The topological polar surface area (TPSA) is 43.6 Å². The molecule has 3 aromatic rings. The lowest BCUT2D eigenvalue weighted by Gasteiger charge is -2.10. The third-order valence-electron chi connectivity index (χ3n) is 4.34. The molecule has 26 heavy (non-hydrogen) atoms. The molecule has 0 spiro atoms. The Balaban J connectivity index is 1.98. The number of nitrogens with zero attached hydrogens (tertiary/aromatic N) is 2. The molecule has 0 fully saturated rings. The fraction of sp³-hybridized carbons (Fsp3) is 0.300. The summed E-state index contributed by atoms with van der Waals surface area (Å²) in [6, 6.07) is 11.0. The van der Waals surface area contributed by atoms with Crippen LogP contribution in [0, 0.1) is 5.92 Å². The van der Waals surface area contributed by atoms with Gasteiger partial charge in [-0.25, -0.2) is 4.98 Å². The molecule has 1 atom stereocenters. The zero-order chi connectivity index (χ0) is 18.7. The van der Waals surface area contributed by atoms with Crippen molar-refractivity contribution in [1.82, 2.24) is 9.38 Å². The van der Waals surface area contributed by atoms with Crippen LogP contribution in [0.2, 0.25) is 10.0 Å². The molecular weight excluding hydrogens is 371 g/mol. The van der Waals surface area contributed by atoms with Crippen molar-refractivity contribution in [1.29, 1.82) is 0 Å². The summed E-state index contributed by atoms with van der Waals surface area (Å²) in [6.07, 6.45) is 2.85. The number of imidazole rings is 1. The number of benzene rings is 1. The quantitative estimate of drug-likeness (QED) is 0.526. The van der Waals surface area contributed by atoms with E-state index < -0.39 is 0 Å². The molecule has 2 heterocycles. The molecule has 136 valence electrons. The Labute approximate surface area is 162 Å². The van der Waals surface area contributed by atoms with Gasteiger partial charge in [-0.05, 0) is 30.2 Å². The zero-order valence-corrected chi connectivity index (χ0v) is 16.2. The number of aromatic nitrogens is 2. The maximum atomic E-state index is 12.4. The van der Waals surface area contributed by atoms with E-state index in [1.54, 1.807) is 24.4 Å². The van der Waals surface area contributed by atoms with Crippen LogP contribution in [0.5, 0.6) is 0 Å². The summed E-state index contributed by atoms with van der Waals surface area (Å²) in [7, 11) is 0. The van der Waals surface area contributed by atoms with Crippen LogP contribution < -0.4 is 0 Å². The first-order valence-electron chi connectivity index (χ1n) is 8.56. The largest absolute Gasteiger partial charge is 0.465 e. The van der Waals surface area contributed by atoms with Crippen LogP contribution in [-0.4, -0.2) is 22.0 Å². The molecule has 0 bridgehead atoms. The Morgan fingerprint density at radius 2 is 1.85 bits per heavy atom. The molecule has 0 radical (unpaired) electrons. The highest BCUT2D eigenvalue weighted by atomic mass is 35.5. The van der Waals surface area contributed by atoms with E-state index in [4.69, 9.17) is 27.9 Å². The third-order valence-corrected chi connectivity index (χ3v) is 4.81. The van der Waals surface area contributed by atoms with Gasteiger partial charge in [0.2, 0.25) is 0 Å². The molecule has 6 heteroatoms. The number of carbonyl (C=O) groups is 1. The van der Waals surface area contributed by atoms with E-state index in [1.807, 2.05) is 22.6 Å². The predicted octanol–water partition coefficient (Wildman–Crippen LogP) is 5.44. The fourth-order valence-electron chi connectivity index (χ4n) is 2.62. The molecule has 0 N–H and O–H groups in total. The highest BCUT2D eigenvalue weighted by Crippen LogP contribution is 2.27. The summed E-state index contributed by atoms with van der Waals surface area (Å²) in [4.78, 5) is 17.1. The highest BCUT2D eigenvalue weighted by molar-refractivity contribution is 6.30. The Hall–Kier alpha value is -2.04. The SMILES string of the molecule is CCC(C)COC(=O)Cc1c(-c2ccc(Cl)cc2)nc2ccc(Cl)cn12. The summed E-state index contributed by atoms with van der Waals surface area (Å²) in [6.45, 7) is 4.55. The van der Waals surface area contributed by atoms with Crippen LogP contribution in [0.25, 0.3) is 16.9 Å². The van der Waals surface area contributed by atoms with Crippen molar-refractivity contribution in [2.45, 2.75) is 26.7 Å². The Bertz CT molecular complexity index is 919. The van der Waals surface area contributed by atoms with Crippen LogP contribution >= 0.6 is 23.2 Å². The van der Waals surface area contributed by atoms with Gasteiger partial charge in [0.15, 0.2) is 0 Å². The summed E-state index contributed by atoms with van der Waals surface area (Å²) in [5.41, 5.74) is 3.09. The molecule has 0 aliphatic heterocycles. The first kappa shape index (κ1) is 18.7. The number of rotatable bonds is 6. The molecule has 4 nitrogen and oxygen atoms in total. The monoisotopic (exact) mass is 390 g/mol. The predicted molar refractivity (Wildman–Crippen MR) is 105 cm³/mol. The van der Waals surface area contributed by atoms with Crippen LogP contribution in [0.3, 0.4) is 0 Å². The minimum atomic E-state index is -0.276. The first-order valence-corrected chi connectivity index (χ1v) is 9.31. The third kappa shape index (κ3) is 4.19. The van der Waals surface area contributed by atoms with E-state index in [9.17, 15) is 4.79 Å². The second-order valence-corrected chi connectivity index (χ2v) is 7.24. The molecule has 0 amide bonds. The number of carbonyl (C=O) groups excluding carboxylic acids is 1. The van der Waals surface area contributed by atoms with Gasteiger partial charge in [0.05, 0.1) is 29.4 Å². The maximum Gasteiger partial charge on any atom is 0.311 e. The van der Waals surface area contributed by atoms with Crippen molar-refractivity contribution in [3.05, 3.63) is 58.3 Å². The summed E-state index contributed by atoms with van der Waals surface area (Å²) in [5, 5.41) is 1.22. The lowest BCUT2D eigenvalue weighted by atomic mass is 10.1. The zero-order valence-electron chi connectivity index (χ0n) is 14.7. The Morgan fingerprint density at radius 3 is 2.54 bits per heavy atom. The van der Waals surface area contributed by atoms with Crippen molar-refractivity contribution in [2.75, 3.05) is 6.61 Å². The molecule has 1 unspecified atom stereocenters. The average Bonchev–Trinajstić information content (AvgIpc) is 2.98. The van der Waals surface area contributed by atoms with Crippen molar-refractivity contribution in [3.63, 3.8) is 0 Å². The van der Waals surface area contributed by atoms with Crippen LogP contribution in [0.15, 0.2) is 42.6 Å². The molecule has 2 aromatic heterocycles. The molecule has 3 rings (SSSR count). The molecule has 0 aliphatic carbocycles. The minimum Gasteiger partial charge on any atom is -0.465 e. The number of fused-ring (bicyclic) bond motifs is 1. The van der Waals surface area contributed by atoms with Crippen molar-refractivity contribution >= 4 is 34.8 Å². The van der Waals surface area contributed by atoms with E-state index in [0.29, 0.717) is 22.6 Å². The number of hydrogen-bond donors (Lipinski definition) is 0. The van der Waals surface area contributed by atoms with Gasteiger partial charge < -0.3 is 9.14 Å². The maximum absolute atomic E-state index is 12.4. The van der Waals surface area contributed by atoms with Gasteiger partial charge in [-0.3, -0.25) is 4.79 Å². The average molecular weight is 391 g/mol. The summed E-state index contributed by atoms with van der Waals surface area (Å²) in [5.74, 6) is 0.0635. The van der Waals surface area contributed by atoms with Crippen LogP contribution in [0.4, 0.5) is 0 Å². The number of ether oxygens (including phenoxy) is 1. The lowest BCUT2D eigenvalue weighted by molar-refractivity contribution is -0.144. The van der Waals surface area contributed by atoms with E-state index in [0.717, 1.165) is 29.0 Å². The van der Waals surface area contributed by atoms with Gasteiger partial charge in [0.25, 0.3) is 0 Å². The van der Waals surface area contributed by atoms with Gasteiger partial charge in [-0.15, -0.1) is 0 Å². The smallest absolute Gasteiger partial charge is 0.311 e. The van der Waals surface area contributed by atoms with Gasteiger partial charge in [-0.1, -0.05) is 55.6 Å². The van der Waals surface area contributed by atoms with Crippen molar-refractivity contribution in [3.8, 4) is 11.3 Å². The second-order valence-electron chi connectivity index (χ2n) is 6.36.